The lowest BCUT2D eigenvalue weighted by molar-refractivity contribution is 0.472. The van der Waals surface area contributed by atoms with Gasteiger partial charge in [-0.15, -0.1) is 0 Å². The summed E-state index contributed by atoms with van der Waals surface area (Å²) in [6.45, 7) is 1.86. The Morgan fingerprint density at radius 2 is 2.00 bits per heavy atom. The van der Waals surface area contributed by atoms with Gasteiger partial charge in [0.05, 0.1) is 6.67 Å². The van der Waals surface area contributed by atoms with E-state index in [-0.39, 0.29) is 0 Å². The lowest BCUT2D eigenvalue weighted by Gasteiger charge is -2.08. The predicted molar refractivity (Wildman–Crippen MR) is 42.2 cm³/mol. The highest BCUT2D eigenvalue weighted by Crippen LogP contribution is 2.23. The Kier molecular flexibility index (Phi) is 3.72. The van der Waals surface area contributed by atoms with Crippen molar-refractivity contribution in [3.8, 4) is 0 Å². The monoisotopic (exact) mass is 143 g/mol. The van der Waals surface area contributed by atoms with Crippen molar-refractivity contribution < 1.29 is 0 Å². The zero-order valence-electron chi connectivity index (χ0n) is 6.40. The molecule has 60 valence electrons. The topological polar surface area (TPSA) is 50.1 Å². The van der Waals surface area contributed by atoms with Crippen LogP contribution < -0.4 is 16.6 Å². The van der Waals surface area contributed by atoms with Crippen molar-refractivity contribution in [1.82, 2.24) is 10.7 Å². The van der Waals surface area contributed by atoms with Gasteiger partial charge < -0.3 is 5.32 Å². The molecule has 0 aromatic heterocycles. The number of hydrogen-bond acceptors (Lipinski definition) is 3. The Balaban J connectivity index is 1.91. The van der Waals surface area contributed by atoms with Crippen molar-refractivity contribution in [2.75, 3.05) is 13.2 Å². The van der Waals surface area contributed by atoms with Crippen LogP contribution in [0.5, 0.6) is 0 Å². The van der Waals surface area contributed by atoms with Crippen LogP contribution in [0.3, 0.4) is 0 Å². The minimum absolute atomic E-state index is 0.733. The lowest BCUT2D eigenvalue weighted by atomic mass is 10.1. The summed E-state index contributed by atoms with van der Waals surface area (Å²) in [5, 5.41) is 3.24. The average molecular weight is 143 g/mol. The number of rotatable bonds is 4. The fraction of sp³-hybridized carbons (Fsp3) is 1.00. The maximum Gasteiger partial charge on any atom is 0.0587 e. The lowest BCUT2D eigenvalue weighted by Crippen LogP contribution is -2.35. The van der Waals surface area contributed by atoms with Crippen LogP contribution in [0, 0.1) is 5.92 Å². The molecule has 3 nitrogen and oxygen atoms in total. The molecular formula is C7H17N3. The molecule has 1 rings (SSSR count). The molecule has 4 N–H and O–H groups in total. The average Bonchev–Trinajstić information content (AvgIpc) is 2.41. The van der Waals surface area contributed by atoms with E-state index in [1.807, 2.05) is 0 Å². The first kappa shape index (κ1) is 7.98. The van der Waals surface area contributed by atoms with E-state index in [0.29, 0.717) is 0 Å². The number of nitrogens with two attached hydrogens (primary N) is 1. The van der Waals surface area contributed by atoms with Crippen molar-refractivity contribution in [1.29, 1.82) is 0 Å². The Bertz CT molecular complexity index is 78.9. The first-order valence-corrected chi connectivity index (χ1v) is 4.07. The van der Waals surface area contributed by atoms with Gasteiger partial charge >= 0.3 is 0 Å². The summed E-state index contributed by atoms with van der Waals surface area (Å²) in [6.07, 6.45) is 5.64. The molecule has 0 unspecified atom stereocenters. The first-order valence-electron chi connectivity index (χ1n) is 4.07. The normalized spacial score (nSPS) is 20.1. The number of nitrogens with one attached hydrogen (secondary N) is 2. The third-order valence-corrected chi connectivity index (χ3v) is 2.13. The van der Waals surface area contributed by atoms with Crippen LogP contribution in [-0.4, -0.2) is 13.2 Å². The molecule has 0 aliphatic heterocycles. The molecule has 3 heteroatoms. The second kappa shape index (κ2) is 4.66. The van der Waals surface area contributed by atoms with Gasteiger partial charge in [0.1, 0.15) is 0 Å². The fourth-order valence-electron chi connectivity index (χ4n) is 1.56. The Morgan fingerprint density at radius 3 is 2.60 bits per heavy atom. The molecule has 10 heavy (non-hydrogen) atoms. The molecular weight excluding hydrogens is 126 g/mol. The minimum Gasteiger partial charge on any atom is -0.303 e. The summed E-state index contributed by atoms with van der Waals surface area (Å²) in [5.41, 5.74) is 2.58. The van der Waals surface area contributed by atoms with Crippen molar-refractivity contribution in [3.05, 3.63) is 0 Å². The molecule has 0 saturated heterocycles. The van der Waals surface area contributed by atoms with Crippen LogP contribution in [0.25, 0.3) is 0 Å². The van der Waals surface area contributed by atoms with Gasteiger partial charge in [-0.1, -0.05) is 12.8 Å². The summed E-state index contributed by atoms with van der Waals surface area (Å²) >= 11 is 0. The van der Waals surface area contributed by atoms with Crippen LogP contribution in [0.4, 0.5) is 0 Å². The molecule has 1 aliphatic carbocycles. The van der Waals surface area contributed by atoms with E-state index >= 15 is 0 Å². The van der Waals surface area contributed by atoms with Crippen LogP contribution in [0.15, 0.2) is 0 Å². The molecule has 0 aromatic carbocycles. The minimum atomic E-state index is 0.733. The maximum atomic E-state index is 5.10. The van der Waals surface area contributed by atoms with E-state index in [1.54, 1.807) is 0 Å². The molecule has 0 aromatic rings. The van der Waals surface area contributed by atoms with Crippen LogP contribution >= 0.6 is 0 Å². The highest BCUT2D eigenvalue weighted by molar-refractivity contribution is 4.68. The smallest absolute Gasteiger partial charge is 0.0587 e. The van der Waals surface area contributed by atoms with Gasteiger partial charge in [-0.2, -0.15) is 0 Å². The van der Waals surface area contributed by atoms with E-state index in [1.165, 1.54) is 25.7 Å². The van der Waals surface area contributed by atoms with E-state index in [2.05, 4.69) is 10.7 Å². The molecule has 1 fully saturated rings. The van der Waals surface area contributed by atoms with Crippen molar-refractivity contribution in [3.63, 3.8) is 0 Å². The highest BCUT2D eigenvalue weighted by atomic mass is 15.3. The van der Waals surface area contributed by atoms with Crippen molar-refractivity contribution in [2.24, 2.45) is 11.8 Å². The second-order valence-corrected chi connectivity index (χ2v) is 2.99. The largest absolute Gasteiger partial charge is 0.303 e. The van der Waals surface area contributed by atoms with E-state index in [4.69, 9.17) is 5.84 Å². The summed E-state index contributed by atoms with van der Waals surface area (Å²) in [6, 6.07) is 0. The van der Waals surface area contributed by atoms with Gasteiger partial charge in [-0.25, -0.2) is 5.43 Å². The van der Waals surface area contributed by atoms with Gasteiger partial charge in [0.15, 0.2) is 0 Å². The highest BCUT2D eigenvalue weighted by Gasteiger charge is 2.13. The quantitative estimate of drug-likeness (QED) is 0.228. The Labute approximate surface area is 62.3 Å². The summed E-state index contributed by atoms with van der Waals surface area (Å²) in [5.74, 6) is 6.01. The summed E-state index contributed by atoms with van der Waals surface area (Å²) < 4.78 is 0. The number of hydrogen-bond donors (Lipinski definition) is 3. The fourth-order valence-corrected chi connectivity index (χ4v) is 1.56. The van der Waals surface area contributed by atoms with Crippen LogP contribution in [-0.2, 0) is 0 Å². The van der Waals surface area contributed by atoms with E-state index in [9.17, 15) is 0 Å². The predicted octanol–water partition coefficient (Wildman–Crippen LogP) is 0.187. The van der Waals surface area contributed by atoms with E-state index in [0.717, 1.165) is 19.1 Å². The van der Waals surface area contributed by atoms with Gasteiger partial charge in [-0.3, -0.25) is 5.84 Å². The molecule has 0 spiro atoms. The number of hydrazine groups is 1. The third-order valence-electron chi connectivity index (χ3n) is 2.13. The molecule has 0 radical (unpaired) electrons. The maximum absolute atomic E-state index is 5.10. The molecule has 1 saturated carbocycles. The van der Waals surface area contributed by atoms with Gasteiger partial charge in [0.2, 0.25) is 0 Å². The Morgan fingerprint density at radius 1 is 1.30 bits per heavy atom. The van der Waals surface area contributed by atoms with Crippen LogP contribution in [0.1, 0.15) is 25.7 Å². The standard InChI is InChI=1S/C7H17N3/c8-10-6-9-5-7-3-1-2-4-7/h7,9-10H,1-6,8H2. The van der Waals surface area contributed by atoms with Gasteiger partial charge in [0.25, 0.3) is 0 Å². The summed E-state index contributed by atoms with van der Waals surface area (Å²) in [7, 11) is 0. The van der Waals surface area contributed by atoms with Crippen molar-refractivity contribution in [2.45, 2.75) is 25.7 Å². The zero-order valence-corrected chi connectivity index (χ0v) is 6.40. The third kappa shape index (κ3) is 2.64. The molecule has 0 heterocycles. The Hall–Kier alpha value is -0.120. The SMILES string of the molecule is NNCNCC1CCCC1. The molecule has 0 bridgehead atoms. The van der Waals surface area contributed by atoms with Crippen LogP contribution in [0.2, 0.25) is 0 Å². The van der Waals surface area contributed by atoms with Crippen molar-refractivity contribution >= 4 is 0 Å². The summed E-state index contributed by atoms with van der Waals surface area (Å²) in [4.78, 5) is 0. The molecule has 0 atom stereocenters. The second-order valence-electron chi connectivity index (χ2n) is 2.99. The van der Waals surface area contributed by atoms with Gasteiger partial charge in [0, 0.05) is 0 Å². The molecule has 0 amide bonds. The molecule has 1 aliphatic rings. The zero-order chi connectivity index (χ0) is 7.23. The van der Waals surface area contributed by atoms with E-state index < -0.39 is 0 Å². The first-order chi connectivity index (χ1) is 4.93. The van der Waals surface area contributed by atoms with Gasteiger partial charge in [-0.05, 0) is 25.3 Å².